The van der Waals surface area contributed by atoms with Gasteiger partial charge in [0.15, 0.2) is 5.78 Å². The Bertz CT molecular complexity index is 373. The number of nitrogens with zero attached hydrogens (tertiary/aromatic N) is 1. The summed E-state index contributed by atoms with van der Waals surface area (Å²) in [6, 6.07) is 1.27. The number of thioether (sulfide) groups is 1. The maximum atomic E-state index is 11.5. The molecule has 0 bridgehead atoms. The van der Waals surface area contributed by atoms with Gasteiger partial charge in [-0.25, -0.2) is 0 Å². The smallest absolute Gasteiger partial charge is 0.287 e. The van der Waals surface area contributed by atoms with E-state index in [0.29, 0.717) is 16.7 Å². The Balaban J connectivity index is 2.62. The number of H-pyrrole nitrogens is 1. The second-order valence-electron chi connectivity index (χ2n) is 3.31. The number of nitro groups is 1. The van der Waals surface area contributed by atoms with E-state index in [-0.39, 0.29) is 11.5 Å². The number of nitrogens with one attached hydrogen (secondary N) is 1. The van der Waals surface area contributed by atoms with Crippen molar-refractivity contribution in [2.45, 2.75) is 19.1 Å². The summed E-state index contributed by atoms with van der Waals surface area (Å²) < 4.78 is 0. The molecule has 0 saturated heterocycles. The average molecular weight is 228 g/mol. The summed E-state index contributed by atoms with van der Waals surface area (Å²) >= 11 is 1.51. The highest BCUT2D eigenvalue weighted by molar-refractivity contribution is 8.00. The van der Waals surface area contributed by atoms with Crippen molar-refractivity contribution < 1.29 is 9.72 Å². The Morgan fingerprint density at radius 3 is 2.80 bits per heavy atom. The molecule has 0 aliphatic rings. The van der Waals surface area contributed by atoms with E-state index in [1.807, 2.05) is 13.8 Å². The molecule has 0 saturated carbocycles. The largest absolute Gasteiger partial charge is 0.353 e. The van der Waals surface area contributed by atoms with Gasteiger partial charge in [-0.05, 0) is 5.25 Å². The molecule has 0 amide bonds. The predicted octanol–water partition coefficient (Wildman–Crippen LogP) is 2.25. The van der Waals surface area contributed by atoms with Crippen LogP contribution in [0.3, 0.4) is 0 Å². The zero-order valence-corrected chi connectivity index (χ0v) is 9.34. The molecule has 0 aliphatic heterocycles. The summed E-state index contributed by atoms with van der Waals surface area (Å²) in [5.41, 5.74) is 0.225. The summed E-state index contributed by atoms with van der Waals surface area (Å²) in [6.07, 6.45) is 1.23. The lowest BCUT2D eigenvalue weighted by Crippen LogP contribution is -2.05. The van der Waals surface area contributed by atoms with Gasteiger partial charge in [0.1, 0.15) is 0 Å². The van der Waals surface area contributed by atoms with Gasteiger partial charge < -0.3 is 4.98 Å². The van der Waals surface area contributed by atoms with Gasteiger partial charge in [0.2, 0.25) is 0 Å². The number of aromatic amines is 1. The van der Waals surface area contributed by atoms with E-state index in [2.05, 4.69) is 4.98 Å². The quantitative estimate of drug-likeness (QED) is 0.476. The van der Waals surface area contributed by atoms with Crippen LogP contribution in [0.25, 0.3) is 0 Å². The average Bonchev–Trinajstić information content (AvgIpc) is 2.62. The second kappa shape index (κ2) is 4.97. The van der Waals surface area contributed by atoms with E-state index in [1.165, 1.54) is 24.0 Å². The number of carbonyl (C=O) groups is 1. The van der Waals surface area contributed by atoms with Crippen LogP contribution in [0.5, 0.6) is 0 Å². The van der Waals surface area contributed by atoms with Gasteiger partial charge in [-0.2, -0.15) is 11.8 Å². The molecule has 5 nitrogen and oxygen atoms in total. The number of rotatable bonds is 5. The van der Waals surface area contributed by atoms with Crippen LogP contribution in [0, 0.1) is 10.1 Å². The molecule has 15 heavy (non-hydrogen) atoms. The van der Waals surface area contributed by atoms with E-state index in [4.69, 9.17) is 0 Å². The maximum Gasteiger partial charge on any atom is 0.287 e. The molecule has 82 valence electrons. The number of ketones is 1. The van der Waals surface area contributed by atoms with Gasteiger partial charge in [0.05, 0.1) is 22.6 Å². The van der Waals surface area contributed by atoms with E-state index < -0.39 is 4.92 Å². The lowest BCUT2D eigenvalue weighted by atomic mass is 10.3. The normalized spacial score (nSPS) is 10.6. The van der Waals surface area contributed by atoms with Crippen molar-refractivity contribution in [2.24, 2.45) is 0 Å². The van der Waals surface area contributed by atoms with Crippen LogP contribution in [0.4, 0.5) is 5.69 Å². The van der Waals surface area contributed by atoms with Crippen LogP contribution in [-0.2, 0) is 0 Å². The third-order valence-electron chi connectivity index (χ3n) is 1.73. The number of Topliss-reactive ketones (excluding diaryl/α,β-unsaturated/α-hetero) is 1. The Labute approximate surface area is 91.4 Å². The lowest BCUT2D eigenvalue weighted by Gasteiger charge is -2.01. The molecule has 0 aliphatic carbocycles. The zero-order chi connectivity index (χ0) is 11.4. The SMILES string of the molecule is CC(C)SCC(=O)c1cc([N+](=O)[O-])c[nH]1. The fourth-order valence-electron chi connectivity index (χ4n) is 0.969. The standard InChI is InChI=1S/C9H12N2O3S/c1-6(2)15-5-9(12)8-3-7(4-10-8)11(13)14/h3-4,6,10H,5H2,1-2H3. The van der Waals surface area contributed by atoms with E-state index in [0.717, 1.165) is 0 Å². The minimum absolute atomic E-state index is 0.0760. The minimum atomic E-state index is -0.525. The van der Waals surface area contributed by atoms with Crippen molar-refractivity contribution >= 4 is 23.2 Å². The van der Waals surface area contributed by atoms with Crippen LogP contribution in [0.1, 0.15) is 24.3 Å². The van der Waals surface area contributed by atoms with E-state index in [9.17, 15) is 14.9 Å². The van der Waals surface area contributed by atoms with Crippen LogP contribution in [0.15, 0.2) is 12.3 Å². The van der Waals surface area contributed by atoms with Gasteiger partial charge in [-0.3, -0.25) is 14.9 Å². The first kappa shape index (κ1) is 11.8. The topological polar surface area (TPSA) is 76.0 Å². The third kappa shape index (κ3) is 3.39. The predicted molar refractivity (Wildman–Crippen MR) is 59.4 cm³/mol. The van der Waals surface area contributed by atoms with E-state index >= 15 is 0 Å². The molecule has 1 rings (SSSR count). The van der Waals surface area contributed by atoms with Gasteiger partial charge >= 0.3 is 0 Å². The highest BCUT2D eigenvalue weighted by Crippen LogP contribution is 2.16. The first-order valence-electron chi connectivity index (χ1n) is 4.48. The second-order valence-corrected chi connectivity index (χ2v) is 4.88. The molecule has 1 aromatic rings. The van der Waals surface area contributed by atoms with Crippen LogP contribution >= 0.6 is 11.8 Å². The number of hydrogen-bond acceptors (Lipinski definition) is 4. The highest BCUT2D eigenvalue weighted by Gasteiger charge is 2.14. The molecule has 0 fully saturated rings. The Kier molecular flexibility index (Phi) is 3.90. The Morgan fingerprint density at radius 1 is 1.67 bits per heavy atom. The highest BCUT2D eigenvalue weighted by atomic mass is 32.2. The summed E-state index contributed by atoms with van der Waals surface area (Å²) in [6.45, 7) is 3.99. The van der Waals surface area contributed by atoms with Gasteiger partial charge in [-0.15, -0.1) is 0 Å². The summed E-state index contributed by atoms with van der Waals surface area (Å²) in [4.78, 5) is 24.0. The monoisotopic (exact) mass is 228 g/mol. The van der Waals surface area contributed by atoms with Gasteiger partial charge in [0, 0.05) is 6.07 Å². The lowest BCUT2D eigenvalue weighted by molar-refractivity contribution is -0.384. The Hall–Kier alpha value is -1.30. The molecule has 0 atom stereocenters. The molecule has 1 heterocycles. The summed E-state index contributed by atoms with van der Waals surface area (Å²) in [5.74, 6) is 0.233. The van der Waals surface area contributed by atoms with Crippen molar-refractivity contribution in [3.05, 3.63) is 28.1 Å². The first-order chi connectivity index (χ1) is 7.00. The van der Waals surface area contributed by atoms with Crippen LogP contribution in [0.2, 0.25) is 0 Å². The molecular weight excluding hydrogens is 216 g/mol. The van der Waals surface area contributed by atoms with Crippen molar-refractivity contribution in [3.63, 3.8) is 0 Å². The van der Waals surface area contributed by atoms with Crippen LogP contribution < -0.4 is 0 Å². The van der Waals surface area contributed by atoms with E-state index in [1.54, 1.807) is 0 Å². The minimum Gasteiger partial charge on any atom is -0.353 e. The first-order valence-corrected chi connectivity index (χ1v) is 5.53. The molecule has 0 aromatic carbocycles. The number of aromatic nitrogens is 1. The molecule has 0 radical (unpaired) electrons. The van der Waals surface area contributed by atoms with Crippen molar-refractivity contribution in [2.75, 3.05) is 5.75 Å². The fraction of sp³-hybridized carbons (Fsp3) is 0.444. The summed E-state index contributed by atoms with van der Waals surface area (Å²) in [7, 11) is 0. The Morgan fingerprint density at radius 2 is 2.33 bits per heavy atom. The number of hydrogen-bond donors (Lipinski definition) is 1. The molecule has 1 aromatic heterocycles. The third-order valence-corrected chi connectivity index (χ3v) is 2.82. The summed E-state index contributed by atoms with van der Waals surface area (Å²) in [5, 5.41) is 10.7. The van der Waals surface area contributed by atoms with Gasteiger partial charge in [-0.1, -0.05) is 13.8 Å². The van der Waals surface area contributed by atoms with Crippen molar-refractivity contribution in [1.82, 2.24) is 4.98 Å². The fourth-order valence-corrected chi connectivity index (χ4v) is 1.61. The molecule has 0 spiro atoms. The van der Waals surface area contributed by atoms with Gasteiger partial charge in [0.25, 0.3) is 5.69 Å². The maximum absolute atomic E-state index is 11.5. The van der Waals surface area contributed by atoms with Crippen molar-refractivity contribution in [3.8, 4) is 0 Å². The van der Waals surface area contributed by atoms with Crippen molar-refractivity contribution in [1.29, 1.82) is 0 Å². The molecule has 1 N–H and O–H groups in total. The zero-order valence-electron chi connectivity index (χ0n) is 8.52. The van der Waals surface area contributed by atoms with Crippen LogP contribution in [-0.4, -0.2) is 26.7 Å². The molecular formula is C9H12N2O3S. The number of carbonyl (C=O) groups excluding carboxylic acids is 1. The molecule has 6 heteroatoms. The molecule has 0 unspecified atom stereocenters.